The van der Waals surface area contributed by atoms with Crippen LogP contribution in [0.2, 0.25) is 0 Å². The van der Waals surface area contributed by atoms with E-state index in [0.29, 0.717) is 17.8 Å². The lowest BCUT2D eigenvalue weighted by Crippen LogP contribution is -2.26. The van der Waals surface area contributed by atoms with Crippen LogP contribution >= 0.6 is 0 Å². The minimum absolute atomic E-state index is 0.108. The van der Waals surface area contributed by atoms with Crippen molar-refractivity contribution in [3.63, 3.8) is 0 Å². The van der Waals surface area contributed by atoms with Gasteiger partial charge in [-0.2, -0.15) is 0 Å². The molecule has 0 heterocycles. The van der Waals surface area contributed by atoms with Gasteiger partial charge in [0.2, 0.25) is 0 Å². The Morgan fingerprint density at radius 1 is 0.839 bits per heavy atom. The maximum atomic E-state index is 12.7. The van der Waals surface area contributed by atoms with Crippen molar-refractivity contribution >= 4 is 27.3 Å². The molecule has 0 bridgehead atoms. The maximum absolute atomic E-state index is 12.7. The largest absolute Gasteiger partial charge is 0.385 e. The predicted molar refractivity (Wildman–Crippen MR) is 125 cm³/mol. The van der Waals surface area contributed by atoms with E-state index in [4.69, 9.17) is 0 Å². The Morgan fingerprint density at radius 3 is 2.26 bits per heavy atom. The van der Waals surface area contributed by atoms with Gasteiger partial charge in [-0.15, -0.1) is 0 Å². The molecule has 6 nitrogen and oxygen atoms in total. The number of hydrogen-bond donors (Lipinski definition) is 3. The highest BCUT2D eigenvalue weighted by molar-refractivity contribution is 7.92. The molecule has 3 aromatic carbocycles. The van der Waals surface area contributed by atoms with E-state index in [1.54, 1.807) is 6.07 Å². The number of rotatable bonds is 9. The lowest BCUT2D eigenvalue weighted by Gasteiger charge is -2.12. The quantitative estimate of drug-likeness (QED) is 0.435. The maximum Gasteiger partial charge on any atom is 0.261 e. The van der Waals surface area contributed by atoms with Gasteiger partial charge in [0, 0.05) is 24.3 Å². The summed E-state index contributed by atoms with van der Waals surface area (Å²) in [4.78, 5) is 12.4. The number of aryl methyl sites for hydroxylation is 1. The first-order chi connectivity index (χ1) is 14.9. The van der Waals surface area contributed by atoms with E-state index in [1.165, 1.54) is 24.3 Å². The minimum Gasteiger partial charge on any atom is -0.385 e. The average Bonchev–Trinajstić information content (AvgIpc) is 2.77. The zero-order valence-electron chi connectivity index (χ0n) is 17.7. The summed E-state index contributed by atoms with van der Waals surface area (Å²) in [5.41, 5.74) is 3.89. The number of carbonyl (C=O) groups excluding carboxylic acids is 1. The summed E-state index contributed by atoms with van der Waals surface area (Å²) in [6.45, 7) is 5.06. The van der Waals surface area contributed by atoms with Crippen LogP contribution in [-0.4, -0.2) is 27.4 Å². The van der Waals surface area contributed by atoms with E-state index >= 15 is 0 Å². The first-order valence-corrected chi connectivity index (χ1v) is 11.6. The van der Waals surface area contributed by atoms with Crippen molar-refractivity contribution in [2.24, 2.45) is 0 Å². The standard InChI is InChI=1S/C24H27N3O3S/c1-18-8-6-11-23(19(18)2)27-31(29,30)22-14-12-20(13-15-22)24(28)26-17-7-16-25-21-9-4-3-5-10-21/h3-6,8-15,25,27H,7,16-17H2,1-2H3,(H,26,28). The minimum atomic E-state index is -3.74. The van der Waals surface area contributed by atoms with E-state index in [1.807, 2.05) is 56.3 Å². The molecule has 0 aliphatic carbocycles. The van der Waals surface area contributed by atoms with Gasteiger partial charge in [-0.3, -0.25) is 9.52 Å². The Bertz CT molecular complexity index is 1130. The summed E-state index contributed by atoms with van der Waals surface area (Å²) in [5, 5.41) is 6.14. The molecule has 0 fully saturated rings. The first kappa shape index (κ1) is 22.4. The van der Waals surface area contributed by atoms with Crippen molar-refractivity contribution in [2.75, 3.05) is 23.1 Å². The van der Waals surface area contributed by atoms with Crippen molar-refractivity contribution in [3.8, 4) is 0 Å². The second kappa shape index (κ2) is 10.1. The number of carbonyl (C=O) groups is 1. The van der Waals surface area contributed by atoms with Gasteiger partial charge in [-0.05, 0) is 73.9 Å². The summed E-state index contributed by atoms with van der Waals surface area (Å²) in [5.74, 6) is -0.230. The van der Waals surface area contributed by atoms with Crippen LogP contribution in [-0.2, 0) is 10.0 Å². The van der Waals surface area contributed by atoms with Gasteiger partial charge >= 0.3 is 0 Å². The Morgan fingerprint density at radius 2 is 1.55 bits per heavy atom. The van der Waals surface area contributed by atoms with Crippen LogP contribution in [0.4, 0.5) is 11.4 Å². The first-order valence-electron chi connectivity index (χ1n) is 10.1. The Balaban J connectivity index is 1.52. The molecule has 3 aromatic rings. The summed E-state index contributed by atoms with van der Waals surface area (Å²) in [7, 11) is -3.74. The van der Waals surface area contributed by atoms with Crippen LogP contribution in [0, 0.1) is 13.8 Å². The Kier molecular flexibility index (Phi) is 7.31. The summed E-state index contributed by atoms with van der Waals surface area (Å²) < 4.78 is 28.0. The topological polar surface area (TPSA) is 87.3 Å². The van der Waals surface area contributed by atoms with E-state index < -0.39 is 10.0 Å². The fourth-order valence-corrected chi connectivity index (χ4v) is 4.15. The van der Waals surface area contributed by atoms with Gasteiger partial charge < -0.3 is 10.6 Å². The number of para-hydroxylation sites is 1. The van der Waals surface area contributed by atoms with Gasteiger partial charge in [0.1, 0.15) is 0 Å². The molecule has 3 rings (SSSR count). The Hall–Kier alpha value is -3.32. The third-order valence-electron chi connectivity index (χ3n) is 5.02. The molecule has 0 saturated heterocycles. The molecule has 1 amide bonds. The van der Waals surface area contributed by atoms with Gasteiger partial charge in [-0.25, -0.2) is 8.42 Å². The molecule has 0 aromatic heterocycles. The number of sulfonamides is 1. The smallest absolute Gasteiger partial charge is 0.261 e. The van der Waals surface area contributed by atoms with Crippen LogP contribution in [0.5, 0.6) is 0 Å². The summed E-state index contributed by atoms with van der Waals surface area (Å²) in [6, 6.07) is 21.3. The third kappa shape index (κ3) is 6.08. The molecule has 0 saturated carbocycles. The monoisotopic (exact) mass is 437 g/mol. The third-order valence-corrected chi connectivity index (χ3v) is 6.40. The van der Waals surface area contributed by atoms with E-state index in [-0.39, 0.29) is 10.8 Å². The fraction of sp³-hybridized carbons (Fsp3) is 0.208. The second-order valence-corrected chi connectivity index (χ2v) is 8.96. The zero-order valence-corrected chi connectivity index (χ0v) is 18.5. The molecule has 0 atom stereocenters. The van der Waals surface area contributed by atoms with Crippen molar-refractivity contribution in [3.05, 3.63) is 89.5 Å². The molecule has 3 N–H and O–H groups in total. The fourth-order valence-electron chi connectivity index (χ4n) is 3.03. The molecular formula is C24H27N3O3S. The van der Waals surface area contributed by atoms with Crippen molar-refractivity contribution in [1.29, 1.82) is 0 Å². The van der Waals surface area contributed by atoms with Crippen LogP contribution in [0.25, 0.3) is 0 Å². The summed E-state index contributed by atoms with van der Waals surface area (Å²) in [6.07, 6.45) is 0.771. The SMILES string of the molecule is Cc1cccc(NS(=O)(=O)c2ccc(C(=O)NCCCNc3ccccc3)cc2)c1C. The van der Waals surface area contributed by atoms with Crippen LogP contribution in [0.15, 0.2) is 77.7 Å². The molecular weight excluding hydrogens is 410 g/mol. The van der Waals surface area contributed by atoms with Gasteiger partial charge in [0.15, 0.2) is 0 Å². The molecule has 0 radical (unpaired) electrons. The summed E-state index contributed by atoms with van der Waals surface area (Å²) >= 11 is 0. The molecule has 0 unspecified atom stereocenters. The average molecular weight is 438 g/mol. The van der Waals surface area contributed by atoms with E-state index in [9.17, 15) is 13.2 Å². The highest BCUT2D eigenvalue weighted by Crippen LogP contribution is 2.22. The lowest BCUT2D eigenvalue weighted by molar-refractivity contribution is 0.0953. The van der Waals surface area contributed by atoms with Crippen molar-refractivity contribution in [1.82, 2.24) is 5.32 Å². The van der Waals surface area contributed by atoms with Gasteiger partial charge in [0.05, 0.1) is 10.6 Å². The zero-order chi connectivity index (χ0) is 22.3. The highest BCUT2D eigenvalue weighted by Gasteiger charge is 2.16. The van der Waals surface area contributed by atoms with Crippen LogP contribution < -0.4 is 15.4 Å². The van der Waals surface area contributed by atoms with Crippen molar-refractivity contribution in [2.45, 2.75) is 25.2 Å². The van der Waals surface area contributed by atoms with E-state index in [0.717, 1.165) is 29.8 Å². The number of anilines is 2. The van der Waals surface area contributed by atoms with Gasteiger partial charge in [0.25, 0.3) is 15.9 Å². The van der Waals surface area contributed by atoms with Crippen LogP contribution in [0.1, 0.15) is 27.9 Å². The molecule has 31 heavy (non-hydrogen) atoms. The number of benzene rings is 3. The molecule has 7 heteroatoms. The molecule has 162 valence electrons. The predicted octanol–water partition coefficient (Wildman–Crippen LogP) is 4.34. The van der Waals surface area contributed by atoms with Crippen LogP contribution in [0.3, 0.4) is 0 Å². The van der Waals surface area contributed by atoms with E-state index in [2.05, 4.69) is 15.4 Å². The van der Waals surface area contributed by atoms with Gasteiger partial charge in [-0.1, -0.05) is 30.3 Å². The normalized spacial score (nSPS) is 11.0. The number of amides is 1. The van der Waals surface area contributed by atoms with Crippen molar-refractivity contribution < 1.29 is 13.2 Å². The number of hydrogen-bond acceptors (Lipinski definition) is 4. The molecule has 0 spiro atoms. The number of nitrogens with one attached hydrogen (secondary N) is 3. The Labute approximate surface area is 183 Å². The lowest BCUT2D eigenvalue weighted by atomic mass is 10.1. The second-order valence-electron chi connectivity index (χ2n) is 7.28. The molecule has 0 aliphatic heterocycles. The molecule has 0 aliphatic rings. The highest BCUT2D eigenvalue weighted by atomic mass is 32.2.